The van der Waals surface area contributed by atoms with Crippen molar-refractivity contribution in [2.45, 2.75) is 16.2 Å². The van der Waals surface area contributed by atoms with Crippen LogP contribution >= 0.6 is 22.9 Å². The van der Waals surface area contributed by atoms with Gasteiger partial charge >= 0.3 is 6.18 Å². The van der Waals surface area contributed by atoms with Crippen molar-refractivity contribution in [3.8, 4) is 0 Å². The van der Waals surface area contributed by atoms with Crippen molar-refractivity contribution in [1.82, 2.24) is 25.4 Å². The van der Waals surface area contributed by atoms with E-state index in [1.807, 2.05) is 0 Å². The Balaban J connectivity index is 1.93. The number of sulfone groups is 1. The molecule has 0 radical (unpaired) electrons. The quantitative estimate of drug-likeness (QED) is 0.683. The molecule has 0 unspecified atom stereocenters. The van der Waals surface area contributed by atoms with Gasteiger partial charge in [-0.25, -0.2) is 13.4 Å². The average molecular weight is 423 g/mol. The first kappa shape index (κ1) is 18.4. The number of anilines is 2. The van der Waals surface area contributed by atoms with Crippen molar-refractivity contribution in [3.63, 3.8) is 0 Å². The smallest absolute Gasteiger partial charge is 0.312 e. The van der Waals surface area contributed by atoms with E-state index in [0.717, 1.165) is 29.7 Å². The summed E-state index contributed by atoms with van der Waals surface area (Å²) in [5.74, 6) is 0.0905. The molecular weight excluding hydrogens is 417 g/mol. The molecule has 26 heavy (non-hydrogen) atoms. The van der Waals surface area contributed by atoms with Crippen LogP contribution in [0.3, 0.4) is 0 Å². The highest BCUT2D eigenvalue weighted by atomic mass is 35.5. The van der Waals surface area contributed by atoms with Crippen molar-refractivity contribution in [2.24, 2.45) is 0 Å². The summed E-state index contributed by atoms with van der Waals surface area (Å²) in [4.78, 5) is 2.99. The predicted octanol–water partition coefficient (Wildman–Crippen LogP) is 2.97. The fraction of sp³-hybridized carbons (Fsp3) is 0.0833. The normalized spacial score (nSPS) is 12.2. The van der Waals surface area contributed by atoms with Crippen LogP contribution in [0, 0.1) is 0 Å². The highest BCUT2D eigenvalue weighted by molar-refractivity contribution is 7.91. The minimum Gasteiger partial charge on any atom is -0.312 e. The molecule has 0 saturated carbocycles. The molecule has 0 aliphatic heterocycles. The molecule has 2 aromatic heterocycles. The summed E-state index contributed by atoms with van der Waals surface area (Å²) >= 11 is 6.65. The standard InChI is InChI=1S/C12H6ClF3N6O2S2/c13-8-2-1-6(3-7(8)12(14,15)16)26(23,24)11-17-4-9(20-22-11)19-10-21-18-5-25-10/h1-5H,(H,19,20,21). The molecule has 1 N–H and O–H groups in total. The Labute approximate surface area is 153 Å². The number of halogens is 4. The molecule has 0 spiro atoms. The van der Waals surface area contributed by atoms with Gasteiger partial charge in [0, 0.05) is 0 Å². The van der Waals surface area contributed by atoms with Crippen molar-refractivity contribution < 1.29 is 21.6 Å². The van der Waals surface area contributed by atoms with Gasteiger partial charge in [0.25, 0.3) is 5.16 Å². The number of aromatic nitrogens is 5. The van der Waals surface area contributed by atoms with Gasteiger partial charge in [0.15, 0.2) is 5.82 Å². The van der Waals surface area contributed by atoms with Crippen molar-refractivity contribution >= 4 is 43.7 Å². The molecule has 0 bridgehead atoms. The number of hydrogen-bond donors (Lipinski definition) is 1. The van der Waals surface area contributed by atoms with Crippen LogP contribution in [0.2, 0.25) is 5.02 Å². The van der Waals surface area contributed by atoms with Gasteiger partial charge in [-0.1, -0.05) is 22.9 Å². The van der Waals surface area contributed by atoms with Crippen LogP contribution in [0.4, 0.5) is 24.1 Å². The van der Waals surface area contributed by atoms with Crippen molar-refractivity contribution in [3.05, 3.63) is 40.5 Å². The molecule has 14 heteroatoms. The lowest BCUT2D eigenvalue weighted by Crippen LogP contribution is -2.12. The zero-order valence-electron chi connectivity index (χ0n) is 12.3. The summed E-state index contributed by atoms with van der Waals surface area (Å²) in [6.07, 6.45) is -3.75. The molecule has 3 aromatic rings. The van der Waals surface area contributed by atoms with E-state index in [-0.39, 0.29) is 5.82 Å². The maximum Gasteiger partial charge on any atom is 0.417 e. The summed E-state index contributed by atoms with van der Waals surface area (Å²) in [6.45, 7) is 0. The van der Waals surface area contributed by atoms with E-state index in [2.05, 4.69) is 30.7 Å². The summed E-state index contributed by atoms with van der Waals surface area (Å²) in [5, 5.41) is 16.1. The first-order valence-corrected chi connectivity index (χ1v) is 9.27. The number of nitrogens with zero attached hydrogens (tertiary/aromatic N) is 5. The van der Waals surface area contributed by atoms with E-state index in [1.54, 1.807) is 0 Å². The lowest BCUT2D eigenvalue weighted by molar-refractivity contribution is -0.137. The zero-order chi connectivity index (χ0) is 18.9. The fourth-order valence-electron chi connectivity index (χ4n) is 1.78. The van der Waals surface area contributed by atoms with Gasteiger partial charge < -0.3 is 5.32 Å². The molecule has 0 fully saturated rings. The molecule has 136 valence electrons. The van der Waals surface area contributed by atoms with Crippen molar-refractivity contribution in [1.29, 1.82) is 0 Å². The summed E-state index contributed by atoms with van der Waals surface area (Å²) in [7, 11) is -4.41. The fourth-order valence-corrected chi connectivity index (χ4v) is 3.52. The largest absolute Gasteiger partial charge is 0.417 e. The van der Waals surface area contributed by atoms with Gasteiger partial charge in [-0.15, -0.1) is 20.4 Å². The van der Waals surface area contributed by atoms with Gasteiger partial charge in [-0.05, 0) is 18.2 Å². The van der Waals surface area contributed by atoms with Crippen molar-refractivity contribution in [2.75, 3.05) is 5.32 Å². The monoisotopic (exact) mass is 422 g/mol. The van der Waals surface area contributed by atoms with E-state index in [0.29, 0.717) is 11.2 Å². The predicted molar refractivity (Wildman–Crippen MR) is 84.9 cm³/mol. The van der Waals surface area contributed by atoms with Crippen LogP contribution in [-0.4, -0.2) is 33.8 Å². The molecule has 3 rings (SSSR count). The molecule has 0 aliphatic rings. The Morgan fingerprint density at radius 2 is 1.92 bits per heavy atom. The number of alkyl halides is 3. The van der Waals surface area contributed by atoms with E-state index >= 15 is 0 Å². The molecule has 0 atom stereocenters. The van der Waals surface area contributed by atoms with Crippen LogP contribution in [0.1, 0.15) is 5.56 Å². The molecule has 2 heterocycles. The van der Waals surface area contributed by atoms with Gasteiger partial charge in [0.2, 0.25) is 15.0 Å². The average Bonchev–Trinajstić information content (AvgIpc) is 3.07. The SMILES string of the molecule is O=S(=O)(c1ccc(Cl)c(C(F)(F)F)c1)c1ncc(Nc2nncs2)nn1. The van der Waals surface area contributed by atoms with Crippen LogP contribution in [0.5, 0.6) is 0 Å². The third kappa shape index (κ3) is 3.73. The maximum atomic E-state index is 12.9. The van der Waals surface area contributed by atoms with Crippen LogP contribution < -0.4 is 5.32 Å². The topological polar surface area (TPSA) is 111 Å². The van der Waals surface area contributed by atoms with Gasteiger partial charge in [-0.3, -0.25) is 0 Å². The van der Waals surface area contributed by atoms with Crippen LogP contribution in [0.25, 0.3) is 0 Å². The minimum atomic E-state index is -4.81. The number of rotatable bonds is 4. The minimum absolute atomic E-state index is 0.0905. The third-order valence-corrected chi connectivity index (χ3v) is 5.41. The van der Waals surface area contributed by atoms with Crippen LogP contribution in [0.15, 0.2) is 40.0 Å². The lowest BCUT2D eigenvalue weighted by atomic mass is 10.2. The number of nitrogens with one attached hydrogen (secondary N) is 1. The molecule has 0 aliphatic carbocycles. The summed E-state index contributed by atoms with van der Waals surface area (Å²) < 4.78 is 63.6. The highest BCUT2D eigenvalue weighted by Gasteiger charge is 2.35. The third-order valence-electron chi connectivity index (χ3n) is 2.93. The Morgan fingerprint density at radius 3 is 2.50 bits per heavy atom. The lowest BCUT2D eigenvalue weighted by Gasteiger charge is -2.10. The second kappa shape index (κ2) is 6.74. The maximum absolute atomic E-state index is 12.9. The first-order valence-electron chi connectivity index (χ1n) is 6.52. The number of hydrogen-bond acceptors (Lipinski definition) is 9. The molecule has 8 nitrogen and oxygen atoms in total. The van der Waals surface area contributed by atoms with E-state index in [9.17, 15) is 21.6 Å². The Morgan fingerprint density at radius 1 is 1.15 bits per heavy atom. The molecule has 0 amide bonds. The second-order valence-corrected chi connectivity index (χ2v) is 7.72. The molecule has 1 aromatic carbocycles. The Bertz CT molecular complexity index is 1030. The van der Waals surface area contributed by atoms with Gasteiger partial charge in [-0.2, -0.15) is 13.2 Å². The van der Waals surface area contributed by atoms with E-state index < -0.39 is 36.7 Å². The van der Waals surface area contributed by atoms with Crippen LogP contribution in [-0.2, 0) is 16.0 Å². The van der Waals surface area contributed by atoms with Gasteiger partial charge in [0.1, 0.15) is 5.51 Å². The Hall–Kier alpha value is -2.38. The molecule has 0 saturated heterocycles. The van der Waals surface area contributed by atoms with E-state index in [1.165, 1.54) is 5.51 Å². The first-order chi connectivity index (χ1) is 12.2. The molecular formula is C12H6ClF3N6O2S2. The zero-order valence-corrected chi connectivity index (χ0v) is 14.7. The van der Waals surface area contributed by atoms with E-state index in [4.69, 9.17) is 11.6 Å². The second-order valence-electron chi connectivity index (χ2n) is 4.64. The summed E-state index contributed by atoms with van der Waals surface area (Å²) in [6, 6.07) is 2.20. The van der Waals surface area contributed by atoms with Gasteiger partial charge in [0.05, 0.1) is 21.7 Å². The number of benzene rings is 1. The Kier molecular flexibility index (Phi) is 4.77. The summed E-state index contributed by atoms with van der Waals surface area (Å²) in [5.41, 5.74) is 0.184. The highest BCUT2D eigenvalue weighted by Crippen LogP contribution is 2.36.